The monoisotopic (exact) mass is 311 g/mol. The molecule has 7 heteroatoms. The number of nitrogens with zero attached hydrogens (tertiary/aromatic N) is 1. The summed E-state index contributed by atoms with van der Waals surface area (Å²) in [7, 11) is 0. The molecular weight excluding hydrogens is 290 g/mol. The first-order valence-corrected chi connectivity index (χ1v) is 8.04. The van der Waals surface area contributed by atoms with Crippen molar-refractivity contribution in [2.24, 2.45) is 0 Å². The first-order valence-electron chi connectivity index (χ1n) is 7.09. The van der Waals surface area contributed by atoms with Gasteiger partial charge in [-0.3, -0.25) is 9.69 Å². The number of carbonyl (C=O) groups is 2. The Morgan fingerprint density at radius 3 is 2.81 bits per heavy atom. The molecule has 2 amide bonds. The van der Waals surface area contributed by atoms with Gasteiger partial charge in [-0.05, 0) is 41.8 Å². The van der Waals surface area contributed by atoms with Crippen LogP contribution in [0.4, 0.5) is 4.79 Å². The van der Waals surface area contributed by atoms with Gasteiger partial charge in [0, 0.05) is 18.6 Å². The third-order valence-corrected chi connectivity index (χ3v) is 4.47. The normalized spacial score (nSPS) is 20.9. The molecule has 116 valence electrons. The van der Waals surface area contributed by atoms with E-state index in [4.69, 9.17) is 5.11 Å². The van der Waals surface area contributed by atoms with Gasteiger partial charge >= 0.3 is 12.0 Å². The van der Waals surface area contributed by atoms with Crippen molar-refractivity contribution < 1.29 is 14.7 Å². The molecule has 1 aromatic rings. The van der Waals surface area contributed by atoms with Crippen molar-refractivity contribution in [3.63, 3.8) is 0 Å². The van der Waals surface area contributed by atoms with Crippen molar-refractivity contribution >= 4 is 23.3 Å². The van der Waals surface area contributed by atoms with Crippen molar-refractivity contribution in [1.29, 1.82) is 0 Å². The Morgan fingerprint density at radius 2 is 2.24 bits per heavy atom. The van der Waals surface area contributed by atoms with Crippen LogP contribution in [0.25, 0.3) is 0 Å². The van der Waals surface area contributed by atoms with Gasteiger partial charge in [-0.1, -0.05) is 6.92 Å². The number of carbonyl (C=O) groups excluding carboxylic acids is 1. The second-order valence-corrected chi connectivity index (χ2v) is 6.02. The van der Waals surface area contributed by atoms with Crippen molar-refractivity contribution in [3.8, 4) is 0 Å². The van der Waals surface area contributed by atoms with E-state index in [0.29, 0.717) is 13.1 Å². The van der Waals surface area contributed by atoms with Gasteiger partial charge in [-0.15, -0.1) is 0 Å². The van der Waals surface area contributed by atoms with Gasteiger partial charge in [0.25, 0.3) is 0 Å². The Labute approximate surface area is 128 Å². The fraction of sp³-hybridized carbons (Fsp3) is 0.571. The second-order valence-electron chi connectivity index (χ2n) is 5.24. The quantitative estimate of drug-likeness (QED) is 0.712. The third kappa shape index (κ3) is 4.71. The van der Waals surface area contributed by atoms with E-state index in [9.17, 15) is 9.59 Å². The summed E-state index contributed by atoms with van der Waals surface area (Å²) >= 11 is 1.61. The molecule has 1 fully saturated rings. The SMILES string of the molecule is CCN(CC(=O)O)C1CC(NC(=O)NCc2ccsc2)C1. The number of rotatable bonds is 7. The number of aliphatic carboxylic acids is 1. The summed E-state index contributed by atoms with van der Waals surface area (Å²) in [5.41, 5.74) is 1.10. The molecule has 0 saturated heterocycles. The molecule has 0 aliphatic heterocycles. The maximum Gasteiger partial charge on any atom is 0.317 e. The Morgan fingerprint density at radius 1 is 1.48 bits per heavy atom. The molecule has 21 heavy (non-hydrogen) atoms. The van der Waals surface area contributed by atoms with Crippen LogP contribution in [-0.2, 0) is 11.3 Å². The van der Waals surface area contributed by atoms with E-state index in [2.05, 4.69) is 10.6 Å². The fourth-order valence-electron chi connectivity index (χ4n) is 2.49. The highest BCUT2D eigenvalue weighted by atomic mass is 32.1. The number of likely N-dealkylation sites (N-methyl/N-ethyl adjacent to an activating group) is 1. The molecule has 0 unspecified atom stereocenters. The number of carboxylic acids is 1. The molecule has 0 atom stereocenters. The molecule has 0 aromatic carbocycles. The number of nitrogens with one attached hydrogen (secondary N) is 2. The van der Waals surface area contributed by atoms with Crippen LogP contribution in [0.5, 0.6) is 0 Å². The predicted molar refractivity (Wildman–Crippen MR) is 81.4 cm³/mol. The molecule has 0 radical (unpaired) electrons. The van der Waals surface area contributed by atoms with Gasteiger partial charge < -0.3 is 15.7 Å². The maximum atomic E-state index is 11.7. The lowest BCUT2D eigenvalue weighted by atomic mass is 9.85. The molecule has 1 aliphatic carbocycles. The first-order chi connectivity index (χ1) is 10.1. The zero-order valence-electron chi connectivity index (χ0n) is 12.0. The highest BCUT2D eigenvalue weighted by molar-refractivity contribution is 7.07. The summed E-state index contributed by atoms with van der Waals surface area (Å²) in [6, 6.07) is 2.22. The molecule has 0 spiro atoms. The summed E-state index contributed by atoms with van der Waals surface area (Å²) < 4.78 is 0. The average Bonchev–Trinajstić information content (AvgIpc) is 2.90. The number of carboxylic acid groups (broad SMARTS) is 1. The maximum absolute atomic E-state index is 11.7. The summed E-state index contributed by atoms with van der Waals surface area (Å²) in [6.07, 6.45) is 1.62. The molecule has 1 aliphatic rings. The molecule has 6 nitrogen and oxygen atoms in total. The van der Waals surface area contributed by atoms with Crippen LogP contribution in [0.3, 0.4) is 0 Å². The molecule has 1 heterocycles. The van der Waals surface area contributed by atoms with Gasteiger partial charge in [-0.25, -0.2) is 4.79 Å². The molecule has 3 N–H and O–H groups in total. The number of thiophene rings is 1. The standard InChI is InChI=1S/C14H21N3O3S/c1-2-17(8-13(18)19)12-5-11(6-12)16-14(20)15-7-10-3-4-21-9-10/h3-4,9,11-12H,2,5-8H2,1H3,(H,18,19)(H2,15,16,20). The molecule has 1 saturated carbocycles. The minimum atomic E-state index is -0.804. The van der Waals surface area contributed by atoms with E-state index < -0.39 is 5.97 Å². The van der Waals surface area contributed by atoms with Gasteiger partial charge in [0.15, 0.2) is 0 Å². The number of hydrogen-bond acceptors (Lipinski definition) is 4. The van der Waals surface area contributed by atoms with Crippen LogP contribution in [-0.4, -0.2) is 47.2 Å². The van der Waals surface area contributed by atoms with Crippen LogP contribution in [0.2, 0.25) is 0 Å². The largest absolute Gasteiger partial charge is 0.480 e. The Hall–Kier alpha value is -1.60. The van der Waals surface area contributed by atoms with Crippen LogP contribution in [0.1, 0.15) is 25.3 Å². The lowest BCUT2D eigenvalue weighted by Gasteiger charge is -2.42. The van der Waals surface area contributed by atoms with E-state index in [1.54, 1.807) is 11.3 Å². The Balaban J connectivity index is 1.65. The minimum Gasteiger partial charge on any atom is -0.480 e. The smallest absolute Gasteiger partial charge is 0.317 e. The fourth-order valence-corrected chi connectivity index (χ4v) is 3.16. The molecule has 1 aromatic heterocycles. The predicted octanol–water partition coefficient (Wildman–Crippen LogP) is 1.48. The number of urea groups is 1. The summed E-state index contributed by atoms with van der Waals surface area (Å²) in [4.78, 5) is 24.4. The van der Waals surface area contributed by atoms with Crippen molar-refractivity contribution in [2.75, 3.05) is 13.1 Å². The Bertz CT molecular complexity index is 472. The van der Waals surface area contributed by atoms with E-state index in [1.807, 2.05) is 28.7 Å². The molecule has 0 bridgehead atoms. The summed E-state index contributed by atoms with van der Waals surface area (Å²) in [5.74, 6) is -0.804. The summed E-state index contributed by atoms with van der Waals surface area (Å²) in [5, 5.41) is 18.6. The Kier molecular flexibility index (Phi) is 5.58. The van der Waals surface area contributed by atoms with Crippen molar-refractivity contribution in [3.05, 3.63) is 22.4 Å². The molecule has 2 rings (SSSR count). The third-order valence-electron chi connectivity index (χ3n) is 3.74. The van der Waals surface area contributed by atoms with Gasteiger partial charge in [0.2, 0.25) is 0 Å². The minimum absolute atomic E-state index is 0.0677. The molecular formula is C14H21N3O3S. The van der Waals surface area contributed by atoms with Crippen molar-refractivity contribution in [2.45, 2.75) is 38.4 Å². The van der Waals surface area contributed by atoms with E-state index >= 15 is 0 Å². The topological polar surface area (TPSA) is 81.7 Å². The first kappa shape index (κ1) is 15.8. The van der Waals surface area contributed by atoms with Crippen LogP contribution >= 0.6 is 11.3 Å². The van der Waals surface area contributed by atoms with Crippen LogP contribution < -0.4 is 10.6 Å². The van der Waals surface area contributed by atoms with E-state index in [-0.39, 0.29) is 24.7 Å². The lowest BCUT2D eigenvalue weighted by molar-refractivity contribution is -0.139. The van der Waals surface area contributed by atoms with Gasteiger partial charge in [0.05, 0.1) is 6.54 Å². The van der Waals surface area contributed by atoms with E-state index in [1.165, 1.54) is 0 Å². The zero-order chi connectivity index (χ0) is 15.2. The number of hydrogen-bond donors (Lipinski definition) is 3. The van der Waals surface area contributed by atoms with E-state index in [0.717, 1.165) is 18.4 Å². The van der Waals surface area contributed by atoms with Crippen molar-refractivity contribution in [1.82, 2.24) is 15.5 Å². The number of amides is 2. The van der Waals surface area contributed by atoms with Gasteiger partial charge in [0.1, 0.15) is 0 Å². The summed E-state index contributed by atoms with van der Waals surface area (Å²) in [6.45, 7) is 3.27. The highest BCUT2D eigenvalue weighted by Crippen LogP contribution is 2.25. The zero-order valence-corrected chi connectivity index (χ0v) is 12.9. The average molecular weight is 311 g/mol. The van der Waals surface area contributed by atoms with Crippen LogP contribution in [0, 0.1) is 0 Å². The lowest BCUT2D eigenvalue weighted by Crippen LogP contribution is -2.56. The second kappa shape index (κ2) is 7.42. The highest BCUT2D eigenvalue weighted by Gasteiger charge is 2.34. The van der Waals surface area contributed by atoms with Gasteiger partial charge in [-0.2, -0.15) is 11.3 Å². The van der Waals surface area contributed by atoms with Crippen LogP contribution in [0.15, 0.2) is 16.8 Å².